The zero-order valence-electron chi connectivity index (χ0n) is 14.4. The van der Waals surface area contributed by atoms with Gasteiger partial charge in [0.2, 0.25) is 5.91 Å². The van der Waals surface area contributed by atoms with Crippen molar-refractivity contribution in [1.29, 1.82) is 0 Å². The van der Waals surface area contributed by atoms with Crippen molar-refractivity contribution in [2.45, 2.75) is 13.0 Å². The molecule has 2 atom stereocenters. The number of hydrogen-bond acceptors (Lipinski definition) is 4. The van der Waals surface area contributed by atoms with Crippen LogP contribution in [0.15, 0.2) is 18.2 Å². The molecule has 1 aliphatic heterocycles. The van der Waals surface area contributed by atoms with Gasteiger partial charge in [-0.25, -0.2) is 9.18 Å². The topological polar surface area (TPSA) is 88.1 Å². The number of hydrogen-bond donors (Lipinski definition) is 2. The highest BCUT2D eigenvalue weighted by Gasteiger charge is 2.31. The van der Waals surface area contributed by atoms with E-state index >= 15 is 0 Å². The lowest BCUT2D eigenvalue weighted by atomic mass is 9.95. The summed E-state index contributed by atoms with van der Waals surface area (Å²) >= 11 is 5.73. The lowest BCUT2D eigenvalue weighted by Gasteiger charge is -2.27. The summed E-state index contributed by atoms with van der Waals surface area (Å²) in [7, 11) is 0. The number of benzene rings is 1. The largest absolute Gasteiger partial charge is 0.465 e. The molecule has 1 heterocycles. The second-order valence-corrected chi connectivity index (χ2v) is 6.30. The SMILES string of the molecule is CCOCC(=O)NC[C@@H]1CN(C(=O)O)CCO[C@H]1c1ccc(Cl)c(F)c1. The van der Waals surface area contributed by atoms with Crippen LogP contribution in [-0.2, 0) is 14.3 Å². The van der Waals surface area contributed by atoms with Crippen LogP contribution in [0.25, 0.3) is 0 Å². The Morgan fingerprint density at radius 2 is 2.27 bits per heavy atom. The van der Waals surface area contributed by atoms with E-state index in [1.165, 1.54) is 17.0 Å². The minimum absolute atomic E-state index is 0.00361. The van der Waals surface area contributed by atoms with Crippen LogP contribution in [0.3, 0.4) is 0 Å². The van der Waals surface area contributed by atoms with Crippen molar-refractivity contribution in [3.8, 4) is 0 Å². The summed E-state index contributed by atoms with van der Waals surface area (Å²) < 4.78 is 24.7. The van der Waals surface area contributed by atoms with E-state index < -0.39 is 18.0 Å². The Kier molecular flexibility index (Phi) is 7.62. The molecule has 0 aliphatic carbocycles. The first-order valence-electron chi connectivity index (χ1n) is 8.31. The quantitative estimate of drug-likeness (QED) is 0.780. The van der Waals surface area contributed by atoms with Crippen LogP contribution in [0.4, 0.5) is 9.18 Å². The number of ether oxygens (including phenoxy) is 2. The van der Waals surface area contributed by atoms with Crippen LogP contribution in [0, 0.1) is 11.7 Å². The zero-order valence-corrected chi connectivity index (χ0v) is 15.2. The maximum absolute atomic E-state index is 13.8. The second kappa shape index (κ2) is 9.70. The van der Waals surface area contributed by atoms with Gasteiger partial charge >= 0.3 is 6.09 Å². The van der Waals surface area contributed by atoms with E-state index in [2.05, 4.69) is 5.32 Å². The van der Waals surface area contributed by atoms with Gasteiger partial charge in [-0.3, -0.25) is 4.79 Å². The van der Waals surface area contributed by atoms with E-state index in [1.54, 1.807) is 13.0 Å². The fourth-order valence-electron chi connectivity index (χ4n) is 2.79. The molecule has 1 aromatic carbocycles. The number of carbonyl (C=O) groups is 2. The number of rotatable bonds is 6. The molecule has 1 aliphatic rings. The van der Waals surface area contributed by atoms with Gasteiger partial charge in [0.25, 0.3) is 0 Å². The summed E-state index contributed by atoms with van der Waals surface area (Å²) in [4.78, 5) is 24.4. The highest BCUT2D eigenvalue weighted by atomic mass is 35.5. The van der Waals surface area contributed by atoms with Crippen molar-refractivity contribution in [3.05, 3.63) is 34.6 Å². The molecule has 2 N–H and O–H groups in total. The molecule has 1 saturated heterocycles. The monoisotopic (exact) mass is 388 g/mol. The van der Waals surface area contributed by atoms with Gasteiger partial charge in [0.15, 0.2) is 0 Å². The summed E-state index contributed by atoms with van der Waals surface area (Å²) in [6, 6.07) is 4.35. The molecule has 1 fully saturated rings. The molecule has 0 unspecified atom stereocenters. The number of halogens is 2. The minimum Gasteiger partial charge on any atom is -0.465 e. The highest BCUT2D eigenvalue weighted by molar-refractivity contribution is 6.30. The summed E-state index contributed by atoms with van der Waals surface area (Å²) in [6.45, 7) is 2.81. The Balaban J connectivity index is 2.16. The molecular formula is C17H22ClFN2O5. The lowest BCUT2D eigenvalue weighted by Crippen LogP contribution is -2.41. The van der Waals surface area contributed by atoms with Gasteiger partial charge in [0.05, 0.1) is 17.7 Å². The maximum Gasteiger partial charge on any atom is 0.407 e. The van der Waals surface area contributed by atoms with Crippen LogP contribution in [-0.4, -0.2) is 61.5 Å². The summed E-state index contributed by atoms with van der Waals surface area (Å²) in [6.07, 6.45) is -1.64. The van der Waals surface area contributed by atoms with Gasteiger partial charge in [0.1, 0.15) is 12.4 Å². The van der Waals surface area contributed by atoms with Crippen molar-refractivity contribution in [1.82, 2.24) is 10.2 Å². The van der Waals surface area contributed by atoms with Crippen LogP contribution < -0.4 is 5.32 Å². The molecule has 0 aromatic heterocycles. The summed E-state index contributed by atoms with van der Waals surface area (Å²) in [5, 5.41) is 12.0. The van der Waals surface area contributed by atoms with Gasteiger partial charge in [-0.1, -0.05) is 17.7 Å². The van der Waals surface area contributed by atoms with Crippen LogP contribution >= 0.6 is 11.6 Å². The van der Waals surface area contributed by atoms with Crippen molar-refractivity contribution in [2.75, 3.05) is 39.5 Å². The van der Waals surface area contributed by atoms with Gasteiger partial charge in [-0.15, -0.1) is 0 Å². The molecule has 26 heavy (non-hydrogen) atoms. The summed E-state index contributed by atoms with van der Waals surface area (Å²) in [5.74, 6) is -1.27. The van der Waals surface area contributed by atoms with E-state index in [0.717, 1.165) is 0 Å². The number of carboxylic acid groups (broad SMARTS) is 1. The van der Waals surface area contributed by atoms with Crippen LogP contribution in [0.5, 0.6) is 0 Å². The fraction of sp³-hybridized carbons (Fsp3) is 0.529. The van der Waals surface area contributed by atoms with Gasteiger partial charge < -0.3 is 24.8 Å². The Morgan fingerprint density at radius 3 is 2.92 bits per heavy atom. The lowest BCUT2D eigenvalue weighted by molar-refractivity contribution is -0.126. The molecular weight excluding hydrogens is 367 g/mol. The predicted octanol–water partition coefficient (Wildman–Crippen LogP) is 2.30. The zero-order chi connectivity index (χ0) is 19.1. The molecule has 0 radical (unpaired) electrons. The average Bonchev–Trinajstić information content (AvgIpc) is 2.83. The van der Waals surface area contributed by atoms with Crippen molar-refractivity contribution in [3.63, 3.8) is 0 Å². The number of nitrogens with zero attached hydrogens (tertiary/aromatic N) is 1. The smallest absolute Gasteiger partial charge is 0.407 e. The molecule has 0 spiro atoms. The van der Waals surface area contributed by atoms with E-state index in [0.29, 0.717) is 12.2 Å². The Labute approximate surface area is 156 Å². The van der Waals surface area contributed by atoms with Crippen LogP contribution in [0.2, 0.25) is 5.02 Å². The van der Waals surface area contributed by atoms with Gasteiger partial charge in [0, 0.05) is 32.2 Å². The summed E-state index contributed by atoms with van der Waals surface area (Å²) in [5.41, 5.74) is 0.545. The number of nitrogens with one attached hydrogen (secondary N) is 1. The second-order valence-electron chi connectivity index (χ2n) is 5.89. The normalized spacial score (nSPS) is 20.5. The molecule has 7 nitrogen and oxygen atoms in total. The third-order valence-electron chi connectivity index (χ3n) is 4.08. The first-order chi connectivity index (χ1) is 12.4. The average molecular weight is 389 g/mol. The first kappa shape index (κ1) is 20.4. The predicted molar refractivity (Wildman–Crippen MR) is 92.7 cm³/mol. The fourth-order valence-corrected chi connectivity index (χ4v) is 2.91. The number of amides is 2. The number of carbonyl (C=O) groups excluding carboxylic acids is 1. The molecule has 0 bridgehead atoms. The third-order valence-corrected chi connectivity index (χ3v) is 4.39. The van der Waals surface area contributed by atoms with Gasteiger partial charge in [-0.2, -0.15) is 0 Å². The highest BCUT2D eigenvalue weighted by Crippen LogP contribution is 2.31. The Morgan fingerprint density at radius 1 is 1.50 bits per heavy atom. The molecule has 0 saturated carbocycles. The molecule has 2 rings (SSSR count). The van der Waals surface area contributed by atoms with E-state index in [1.807, 2.05) is 0 Å². The minimum atomic E-state index is -1.07. The van der Waals surface area contributed by atoms with Crippen LogP contribution in [0.1, 0.15) is 18.6 Å². The van der Waals surface area contributed by atoms with E-state index in [9.17, 15) is 19.1 Å². The van der Waals surface area contributed by atoms with E-state index in [4.69, 9.17) is 21.1 Å². The molecule has 144 valence electrons. The first-order valence-corrected chi connectivity index (χ1v) is 8.69. The van der Waals surface area contributed by atoms with Gasteiger partial charge in [-0.05, 0) is 24.6 Å². The molecule has 2 amide bonds. The Hall–Kier alpha value is -1.90. The van der Waals surface area contributed by atoms with Crippen molar-refractivity contribution >= 4 is 23.6 Å². The Bertz CT molecular complexity index is 646. The molecule has 9 heteroatoms. The van der Waals surface area contributed by atoms with E-state index in [-0.39, 0.29) is 49.7 Å². The standard InChI is InChI=1S/C17H22ClFN2O5/c1-2-25-10-15(22)20-8-12-9-21(17(23)24)5-6-26-16(12)11-3-4-13(18)14(19)7-11/h3-4,7,12,16H,2,5-6,8-10H2,1H3,(H,20,22)(H,23,24)/t12-,16+/m1/s1. The van der Waals surface area contributed by atoms with Crippen molar-refractivity contribution in [2.24, 2.45) is 5.92 Å². The van der Waals surface area contributed by atoms with Crippen molar-refractivity contribution < 1.29 is 28.6 Å². The third kappa shape index (κ3) is 5.55. The maximum atomic E-state index is 13.8. The molecule has 1 aromatic rings.